The van der Waals surface area contributed by atoms with E-state index in [1.807, 2.05) is 48.5 Å². The second-order valence-electron chi connectivity index (χ2n) is 7.54. The zero-order valence-electron chi connectivity index (χ0n) is 19.1. The molecule has 1 unspecified atom stereocenters. The number of hydrogen-bond acceptors (Lipinski definition) is 6. The van der Waals surface area contributed by atoms with Crippen LogP contribution in [0, 0.1) is 0 Å². The largest absolute Gasteiger partial charge is 0.497 e. The molecule has 2 aromatic carbocycles. The quantitative estimate of drug-likeness (QED) is 0.457. The van der Waals surface area contributed by atoms with Crippen molar-refractivity contribution in [2.45, 2.75) is 39.2 Å². The molecule has 1 amide bonds. The minimum absolute atomic E-state index is 0.0212. The van der Waals surface area contributed by atoms with Gasteiger partial charge in [0.2, 0.25) is 17.7 Å². The van der Waals surface area contributed by atoms with E-state index in [0.29, 0.717) is 37.6 Å². The molecule has 1 atom stereocenters. The predicted octanol–water partition coefficient (Wildman–Crippen LogP) is 4.27. The molecule has 0 radical (unpaired) electrons. The Balaban J connectivity index is 1.51. The van der Waals surface area contributed by atoms with Gasteiger partial charge in [-0.1, -0.05) is 44.2 Å². The molecule has 3 aromatic rings. The van der Waals surface area contributed by atoms with E-state index >= 15 is 0 Å². The number of benzene rings is 2. The number of nitrogens with zero attached hydrogens (tertiary/aromatic N) is 3. The van der Waals surface area contributed by atoms with Gasteiger partial charge in [-0.2, -0.15) is 0 Å². The number of hydrogen-bond donors (Lipinski definition) is 1. The van der Waals surface area contributed by atoms with Crippen LogP contribution < -0.4 is 10.1 Å². The lowest BCUT2D eigenvalue weighted by Crippen LogP contribution is -2.38. The minimum atomic E-state index is 0.0212. The average Bonchev–Trinajstić information content (AvgIpc) is 3.31. The topological polar surface area (TPSA) is 80.5 Å². The Morgan fingerprint density at radius 2 is 1.88 bits per heavy atom. The Labute approximate surface area is 189 Å². The third kappa shape index (κ3) is 6.40. The smallest absolute Gasteiger partial charge is 0.247 e. The van der Waals surface area contributed by atoms with Gasteiger partial charge in [0.15, 0.2) is 0 Å². The molecule has 0 saturated heterocycles. The van der Waals surface area contributed by atoms with Crippen molar-refractivity contribution >= 4 is 5.91 Å². The number of nitrogens with one attached hydrogen (secondary N) is 1. The fourth-order valence-electron chi connectivity index (χ4n) is 3.72. The first-order valence-electron chi connectivity index (χ1n) is 11.2. The van der Waals surface area contributed by atoms with E-state index in [-0.39, 0.29) is 11.9 Å². The maximum atomic E-state index is 12.5. The molecule has 0 fully saturated rings. The van der Waals surface area contributed by atoms with Crippen LogP contribution in [0.3, 0.4) is 0 Å². The number of amides is 1. The van der Waals surface area contributed by atoms with Crippen molar-refractivity contribution < 1.29 is 13.9 Å². The third-order valence-electron chi connectivity index (χ3n) is 5.51. The van der Waals surface area contributed by atoms with Crippen LogP contribution in [0.5, 0.6) is 5.75 Å². The molecule has 1 N–H and O–H groups in total. The molecule has 32 heavy (non-hydrogen) atoms. The first kappa shape index (κ1) is 23.5. The molecule has 1 aromatic heterocycles. The first-order chi connectivity index (χ1) is 15.6. The molecule has 1 heterocycles. The minimum Gasteiger partial charge on any atom is -0.497 e. The Morgan fingerprint density at radius 1 is 1.09 bits per heavy atom. The summed E-state index contributed by atoms with van der Waals surface area (Å²) < 4.78 is 11.1. The summed E-state index contributed by atoms with van der Waals surface area (Å²) in [5, 5.41) is 11.3. The molecule has 170 valence electrons. The van der Waals surface area contributed by atoms with Crippen molar-refractivity contribution in [2.75, 3.05) is 26.7 Å². The van der Waals surface area contributed by atoms with Crippen molar-refractivity contribution in [1.82, 2.24) is 20.4 Å². The number of methoxy groups -OCH3 is 1. The lowest BCUT2D eigenvalue weighted by molar-refractivity contribution is -0.121. The van der Waals surface area contributed by atoms with E-state index in [4.69, 9.17) is 9.15 Å². The zero-order valence-corrected chi connectivity index (χ0v) is 19.1. The molecule has 7 heteroatoms. The molecule has 0 spiro atoms. The molecule has 0 bridgehead atoms. The van der Waals surface area contributed by atoms with Crippen LogP contribution in [0.15, 0.2) is 59.0 Å². The van der Waals surface area contributed by atoms with Crippen LogP contribution in [0.4, 0.5) is 0 Å². The second-order valence-corrected chi connectivity index (χ2v) is 7.54. The van der Waals surface area contributed by atoms with Gasteiger partial charge in [0.05, 0.1) is 13.2 Å². The van der Waals surface area contributed by atoms with Gasteiger partial charge in [0.1, 0.15) is 5.75 Å². The Kier molecular flexibility index (Phi) is 8.80. The third-order valence-corrected chi connectivity index (χ3v) is 5.51. The van der Waals surface area contributed by atoms with Gasteiger partial charge in [-0.3, -0.25) is 9.69 Å². The normalized spacial score (nSPS) is 12.0. The number of aryl methyl sites for hydroxylation is 1. The molecule has 0 aliphatic rings. The number of carbonyl (C=O) groups is 1. The molecule has 0 aliphatic carbocycles. The number of carbonyl (C=O) groups excluding carboxylic acids is 1. The Hall–Kier alpha value is -3.19. The van der Waals surface area contributed by atoms with Gasteiger partial charge >= 0.3 is 0 Å². The van der Waals surface area contributed by atoms with Gasteiger partial charge in [-0.25, -0.2) is 0 Å². The van der Waals surface area contributed by atoms with Crippen molar-refractivity contribution in [3.8, 4) is 17.2 Å². The molecule has 3 rings (SSSR count). The number of rotatable bonds is 12. The number of likely N-dealkylation sites (N-methyl/N-ethyl adjacent to an activating group) is 1. The lowest BCUT2D eigenvalue weighted by atomic mass is 10.0. The molecule has 7 nitrogen and oxygen atoms in total. The summed E-state index contributed by atoms with van der Waals surface area (Å²) in [5.41, 5.74) is 2.02. The summed E-state index contributed by atoms with van der Waals surface area (Å²) in [5.74, 6) is 1.90. The van der Waals surface area contributed by atoms with Gasteiger partial charge in [0, 0.05) is 24.9 Å². The number of ether oxygens (including phenoxy) is 1. The van der Waals surface area contributed by atoms with Crippen molar-refractivity contribution in [3.05, 3.63) is 66.1 Å². The highest BCUT2D eigenvalue weighted by atomic mass is 16.5. The predicted molar refractivity (Wildman–Crippen MR) is 124 cm³/mol. The summed E-state index contributed by atoms with van der Waals surface area (Å²) in [6, 6.07) is 17.8. The van der Waals surface area contributed by atoms with E-state index in [1.165, 1.54) is 0 Å². The zero-order chi connectivity index (χ0) is 22.8. The summed E-state index contributed by atoms with van der Waals surface area (Å²) in [6.45, 7) is 6.61. The van der Waals surface area contributed by atoms with Crippen LogP contribution in [-0.4, -0.2) is 47.7 Å². The SMILES string of the molecule is CCN(CC)C(CNC(=O)CCCc1nnc(-c2ccccc2)o1)c1cccc(OC)c1. The van der Waals surface area contributed by atoms with E-state index in [1.54, 1.807) is 7.11 Å². The van der Waals surface area contributed by atoms with Gasteiger partial charge in [0.25, 0.3) is 0 Å². The summed E-state index contributed by atoms with van der Waals surface area (Å²) in [7, 11) is 1.67. The van der Waals surface area contributed by atoms with Crippen LogP contribution in [0.2, 0.25) is 0 Å². The van der Waals surface area contributed by atoms with Crippen LogP contribution in [0.25, 0.3) is 11.5 Å². The van der Waals surface area contributed by atoms with Crippen molar-refractivity contribution in [1.29, 1.82) is 0 Å². The molecule has 0 saturated carbocycles. The van der Waals surface area contributed by atoms with E-state index in [9.17, 15) is 4.79 Å². The highest BCUT2D eigenvalue weighted by molar-refractivity contribution is 5.75. The standard InChI is InChI=1S/C25H32N4O3/c1-4-29(5-2)22(20-13-9-14-21(17-20)31-3)18-26-23(30)15-10-16-24-27-28-25(32-24)19-11-7-6-8-12-19/h6-9,11-14,17,22H,4-5,10,15-16,18H2,1-3H3,(H,26,30). The fourth-order valence-corrected chi connectivity index (χ4v) is 3.72. The highest BCUT2D eigenvalue weighted by Gasteiger charge is 2.19. The monoisotopic (exact) mass is 436 g/mol. The van der Waals surface area contributed by atoms with Gasteiger partial charge in [-0.15, -0.1) is 10.2 Å². The maximum Gasteiger partial charge on any atom is 0.247 e. The summed E-state index contributed by atoms with van der Waals surface area (Å²) in [4.78, 5) is 14.8. The molecular formula is C25H32N4O3. The van der Waals surface area contributed by atoms with Crippen LogP contribution in [0.1, 0.15) is 44.2 Å². The summed E-state index contributed by atoms with van der Waals surface area (Å²) in [6.07, 6.45) is 1.63. The van der Waals surface area contributed by atoms with Crippen LogP contribution >= 0.6 is 0 Å². The Bertz CT molecular complexity index is 970. The lowest BCUT2D eigenvalue weighted by Gasteiger charge is -2.30. The number of aromatic nitrogens is 2. The second kappa shape index (κ2) is 12.0. The van der Waals surface area contributed by atoms with E-state index in [0.717, 1.165) is 30.0 Å². The first-order valence-corrected chi connectivity index (χ1v) is 11.2. The van der Waals surface area contributed by atoms with Crippen molar-refractivity contribution in [2.24, 2.45) is 0 Å². The molecular weight excluding hydrogens is 404 g/mol. The van der Waals surface area contributed by atoms with Gasteiger partial charge in [-0.05, 0) is 49.3 Å². The van der Waals surface area contributed by atoms with E-state index in [2.05, 4.69) is 40.3 Å². The van der Waals surface area contributed by atoms with Gasteiger partial charge < -0.3 is 14.5 Å². The fraction of sp³-hybridized carbons (Fsp3) is 0.400. The molecule has 0 aliphatic heterocycles. The maximum absolute atomic E-state index is 12.5. The van der Waals surface area contributed by atoms with Crippen LogP contribution in [-0.2, 0) is 11.2 Å². The summed E-state index contributed by atoms with van der Waals surface area (Å²) >= 11 is 0. The average molecular weight is 437 g/mol. The highest BCUT2D eigenvalue weighted by Crippen LogP contribution is 2.24. The van der Waals surface area contributed by atoms with E-state index < -0.39 is 0 Å². The Morgan fingerprint density at radius 3 is 2.59 bits per heavy atom. The van der Waals surface area contributed by atoms with Crippen molar-refractivity contribution in [3.63, 3.8) is 0 Å².